The molecule has 0 bridgehead atoms. The van der Waals surface area contributed by atoms with Crippen LogP contribution in [0.4, 0.5) is 5.69 Å². The minimum Gasteiger partial charge on any atom is -0.386 e. The van der Waals surface area contributed by atoms with Crippen molar-refractivity contribution < 1.29 is 19.1 Å². The molecular formula is C20H12N2O4. The standard InChI is InChI=1S/C20H12N2O4/c23-18(13-6-9-15-16(11-13)20(25)26-19(15)24)22-14-7-4-12(5-8-14)17-3-1-2-10-21-17/h1-11H,(H,22,23). The number of nitrogens with zero attached hydrogens (tertiary/aromatic N) is 1. The normalized spacial score (nSPS) is 12.5. The number of aromatic nitrogens is 1. The first-order valence-electron chi connectivity index (χ1n) is 7.85. The lowest BCUT2D eigenvalue weighted by Gasteiger charge is -2.07. The van der Waals surface area contributed by atoms with Gasteiger partial charge < -0.3 is 10.1 Å². The third-order valence-electron chi connectivity index (χ3n) is 4.01. The molecule has 0 radical (unpaired) electrons. The molecule has 0 fully saturated rings. The third kappa shape index (κ3) is 2.84. The van der Waals surface area contributed by atoms with E-state index in [9.17, 15) is 14.4 Å². The fourth-order valence-corrected chi connectivity index (χ4v) is 2.69. The van der Waals surface area contributed by atoms with E-state index >= 15 is 0 Å². The topological polar surface area (TPSA) is 85.4 Å². The van der Waals surface area contributed by atoms with Crippen LogP contribution in [0.1, 0.15) is 31.1 Å². The number of rotatable bonds is 3. The average Bonchev–Trinajstić information content (AvgIpc) is 2.96. The van der Waals surface area contributed by atoms with Crippen molar-refractivity contribution in [1.29, 1.82) is 0 Å². The molecular weight excluding hydrogens is 332 g/mol. The smallest absolute Gasteiger partial charge is 0.346 e. The number of amides is 1. The Morgan fingerprint density at radius 1 is 0.885 bits per heavy atom. The molecule has 0 spiro atoms. The highest BCUT2D eigenvalue weighted by atomic mass is 16.6. The summed E-state index contributed by atoms with van der Waals surface area (Å²) < 4.78 is 4.52. The van der Waals surface area contributed by atoms with Crippen LogP contribution in [-0.2, 0) is 4.74 Å². The highest BCUT2D eigenvalue weighted by Gasteiger charge is 2.30. The lowest BCUT2D eigenvalue weighted by Crippen LogP contribution is -2.12. The van der Waals surface area contributed by atoms with E-state index in [2.05, 4.69) is 15.0 Å². The van der Waals surface area contributed by atoms with Crippen LogP contribution in [0.2, 0.25) is 0 Å². The van der Waals surface area contributed by atoms with Crippen molar-refractivity contribution in [3.63, 3.8) is 0 Å². The summed E-state index contributed by atoms with van der Waals surface area (Å²) in [5.74, 6) is -1.81. The molecule has 1 aliphatic heterocycles. The van der Waals surface area contributed by atoms with Gasteiger partial charge >= 0.3 is 11.9 Å². The summed E-state index contributed by atoms with van der Waals surface area (Å²) in [6.07, 6.45) is 1.72. The number of cyclic esters (lactones) is 2. The summed E-state index contributed by atoms with van der Waals surface area (Å²) in [6, 6.07) is 17.2. The molecule has 126 valence electrons. The zero-order valence-corrected chi connectivity index (χ0v) is 13.4. The van der Waals surface area contributed by atoms with Gasteiger partial charge in [-0.2, -0.15) is 0 Å². The third-order valence-corrected chi connectivity index (χ3v) is 4.01. The molecule has 0 unspecified atom stereocenters. The summed E-state index contributed by atoms with van der Waals surface area (Å²) in [7, 11) is 0. The molecule has 1 aromatic heterocycles. The van der Waals surface area contributed by atoms with Gasteiger partial charge in [-0.05, 0) is 42.5 Å². The fourth-order valence-electron chi connectivity index (χ4n) is 2.69. The second kappa shape index (κ2) is 6.25. The summed E-state index contributed by atoms with van der Waals surface area (Å²) >= 11 is 0. The summed E-state index contributed by atoms with van der Waals surface area (Å²) in [6.45, 7) is 0. The zero-order chi connectivity index (χ0) is 18.1. The van der Waals surface area contributed by atoms with Gasteiger partial charge in [0.15, 0.2) is 0 Å². The molecule has 6 nitrogen and oxygen atoms in total. The van der Waals surface area contributed by atoms with Crippen LogP contribution in [-0.4, -0.2) is 22.8 Å². The Kier molecular flexibility index (Phi) is 3.78. The van der Waals surface area contributed by atoms with E-state index in [1.54, 1.807) is 18.3 Å². The minimum atomic E-state index is -0.737. The van der Waals surface area contributed by atoms with E-state index in [0.717, 1.165) is 11.3 Å². The first-order chi connectivity index (χ1) is 12.6. The van der Waals surface area contributed by atoms with Crippen molar-refractivity contribution in [3.8, 4) is 11.3 Å². The number of hydrogen-bond donors (Lipinski definition) is 1. The van der Waals surface area contributed by atoms with Gasteiger partial charge in [0.1, 0.15) is 0 Å². The molecule has 2 aromatic carbocycles. The van der Waals surface area contributed by atoms with E-state index in [1.165, 1.54) is 18.2 Å². The summed E-state index contributed by atoms with van der Waals surface area (Å²) in [4.78, 5) is 39.7. The number of benzene rings is 2. The Balaban J connectivity index is 1.53. The molecule has 3 aromatic rings. The first-order valence-corrected chi connectivity index (χ1v) is 7.85. The lowest BCUT2D eigenvalue weighted by atomic mass is 10.1. The van der Waals surface area contributed by atoms with Gasteiger partial charge in [-0.3, -0.25) is 9.78 Å². The number of anilines is 1. The number of fused-ring (bicyclic) bond motifs is 1. The van der Waals surface area contributed by atoms with Gasteiger partial charge in [-0.15, -0.1) is 0 Å². The summed E-state index contributed by atoms with van der Waals surface area (Å²) in [5.41, 5.74) is 2.92. The van der Waals surface area contributed by atoms with Crippen LogP contribution in [0.3, 0.4) is 0 Å². The average molecular weight is 344 g/mol. The van der Waals surface area contributed by atoms with Crippen molar-refractivity contribution in [2.45, 2.75) is 0 Å². The minimum absolute atomic E-state index is 0.105. The maximum absolute atomic E-state index is 12.4. The number of ether oxygens (including phenoxy) is 1. The van der Waals surface area contributed by atoms with Gasteiger partial charge in [0, 0.05) is 23.0 Å². The predicted octanol–water partition coefficient (Wildman–Crippen LogP) is 3.31. The van der Waals surface area contributed by atoms with E-state index in [-0.39, 0.29) is 22.6 Å². The highest BCUT2D eigenvalue weighted by Crippen LogP contribution is 2.23. The van der Waals surface area contributed by atoms with E-state index < -0.39 is 11.9 Å². The molecule has 1 aliphatic rings. The maximum Gasteiger partial charge on any atom is 0.346 e. The number of hydrogen-bond acceptors (Lipinski definition) is 5. The van der Waals surface area contributed by atoms with Gasteiger partial charge in [-0.1, -0.05) is 18.2 Å². The Bertz CT molecular complexity index is 1030. The second-order valence-corrected chi connectivity index (χ2v) is 5.68. The molecule has 4 rings (SSSR count). The molecule has 1 amide bonds. The van der Waals surface area contributed by atoms with E-state index in [4.69, 9.17) is 0 Å². The van der Waals surface area contributed by atoms with Crippen molar-refractivity contribution in [1.82, 2.24) is 4.98 Å². The van der Waals surface area contributed by atoms with Crippen molar-refractivity contribution >= 4 is 23.5 Å². The van der Waals surface area contributed by atoms with E-state index in [1.807, 2.05) is 30.3 Å². The van der Waals surface area contributed by atoms with Gasteiger partial charge in [0.2, 0.25) is 0 Å². The maximum atomic E-state index is 12.4. The number of esters is 2. The van der Waals surface area contributed by atoms with Crippen LogP contribution in [0.25, 0.3) is 11.3 Å². The molecule has 6 heteroatoms. The summed E-state index contributed by atoms with van der Waals surface area (Å²) in [5, 5.41) is 2.76. The fraction of sp³-hybridized carbons (Fsp3) is 0. The molecule has 1 N–H and O–H groups in total. The van der Waals surface area contributed by atoms with Crippen molar-refractivity contribution in [3.05, 3.63) is 83.6 Å². The molecule has 26 heavy (non-hydrogen) atoms. The Labute approximate surface area is 148 Å². The van der Waals surface area contributed by atoms with Crippen LogP contribution < -0.4 is 5.32 Å². The second-order valence-electron chi connectivity index (χ2n) is 5.68. The van der Waals surface area contributed by atoms with Crippen molar-refractivity contribution in [2.24, 2.45) is 0 Å². The molecule has 0 saturated carbocycles. The number of pyridine rings is 1. The first kappa shape index (κ1) is 15.7. The predicted molar refractivity (Wildman–Crippen MR) is 93.8 cm³/mol. The van der Waals surface area contributed by atoms with Gasteiger partial charge in [0.05, 0.1) is 16.8 Å². The van der Waals surface area contributed by atoms with Crippen LogP contribution in [0.15, 0.2) is 66.9 Å². The number of nitrogens with one attached hydrogen (secondary N) is 1. The van der Waals surface area contributed by atoms with Crippen molar-refractivity contribution in [2.75, 3.05) is 5.32 Å². The number of carbonyl (C=O) groups is 3. The SMILES string of the molecule is O=C(Nc1ccc(-c2ccccn2)cc1)c1ccc2c(c1)C(=O)OC2=O. The Hall–Kier alpha value is -3.80. The zero-order valence-electron chi connectivity index (χ0n) is 13.4. The molecule has 0 aliphatic carbocycles. The molecule has 2 heterocycles. The Morgan fingerprint density at radius 2 is 1.65 bits per heavy atom. The van der Waals surface area contributed by atoms with Crippen LogP contribution in [0, 0.1) is 0 Å². The largest absolute Gasteiger partial charge is 0.386 e. The van der Waals surface area contributed by atoms with Gasteiger partial charge in [-0.25, -0.2) is 9.59 Å². The van der Waals surface area contributed by atoms with Crippen LogP contribution in [0.5, 0.6) is 0 Å². The van der Waals surface area contributed by atoms with Crippen LogP contribution >= 0.6 is 0 Å². The number of carbonyl (C=O) groups excluding carboxylic acids is 3. The molecule has 0 atom stereocenters. The Morgan fingerprint density at radius 3 is 2.38 bits per heavy atom. The lowest BCUT2D eigenvalue weighted by molar-refractivity contribution is 0.0443. The molecule has 0 saturated heterocycles. The van der Waals surface area contributed by atoms with E-state index in [0.29, 0.717) is 5.69 Å². The highest BCUT2D eigenvalue weighted by molar-refractivity contribution is 6.16. The monoisotopic (exact) mass is 344 g/mol. The van der Waals surface area contributed by atoms with Gasteiger partial charge in [0.25, 0.3) is 5.91 Å². The quantitative estimate of drug-likeness (QED) is 0.582.